The van der Waals surface area contributed by atoms with Gasteiger partial charge in [0.05, 0.1) is 0 Å². The van der Waals surface area contributed by atoms with Crippen LogP contribution in [-0.2, 0) is 0 Å². The summed E-state index contributed by atoms with van der Waals surface area (Å²) in [5.41, 5.74) is 1.21. The van der Waals surface area contributed by atoms with E-state index in [1.807, 2.05) is 0 Å². The van der Waals surface area contributed by atoms with Crippen LogP contribution < -0.4 is 10.6 Å². The number of halogens is 1. The summed E-state index contributed by atoms with van der Waals surface area (Å²) >= 11 is 3.48. The van der Waals surface area contributed by atoms with E-state index in [-0.39, 0.29) is 0 Å². The monoisotopic (exact) mass is 282 g/mol. The Kier molecular flexibility index (Phi) is 4.67. The molecule has 2 rings (SSSR count). The number of nitrogens with one attached hydrogen (secondary N) is 2. The maximum atomic E-state index is 3.48. The van der Waals surface area contributed by atoms with Crippen LogP contribution >= 0.6 is 15.9 Å². The third kappa shape index (κ3) is 3.80. The first-order valence-electron chi connectivity index (χ1n) is 6.05. The van der Waals surface area contributed by atoms with E-state index in [0.29, 0.717) is 0 Å². The van der Waals surface area contributed by atoms with Crippen molar-refractivity contribution >= 4 is 21.6 Å². The standard InChI is InChI=1S/C13H19BrN2/c14-12-2-1-3-13(10-12)16-9-6-11-4-7-15-8-5-11/h1-3,10-11,15-16H,4-9H2. The highest BCUT2D eigenvalue weighted by molar-refractivity contribution is 9.10. The normalized spacial score (nSPS) is 17.3. The zero-order valence-electron chi connectivity index (χ0n) is 9.51. The third-order valence-electron chi connectivity index (χ3n) is 3.17. The van der Waals surface area contributed by atoms with Crippen LogP contribution in [0.15, 0.2) is 28.7 Å². The van der Waals surface area contributed by atoms with E-state index in [4.69, 9.17) is 0 Å². The van der Waals surface area contributed by atoms with Gasteiger partial charge in [-0.25, -0.2) is 0 Å². The number of piperidine rings is 1. The Morgan fingerprint density at radius 1 is 1.31 bits per heavy atom. The summed E-state index contributed by atoms with van der Waals surface area (Å²) in [5, 5.41) is 6.89. The van der Waals surface area contributed by atoms with Crippen LogP contribution in [0.2, 0.25) is 0 Å². The smallest absolute Gasteiger partial charge is 0.0351 e. The van der Waals surface area contributed by atoms with Crippen LogP contribution in [0.4, 0.5) is 5.69 Å². The summed E-state index contributed by atoms with van der Waals surface area (Å²) in [6.45, 7) is 3.48. The quantitative estimate of drug-likeness (QED) is 0.886. The fraction of sp³-hybridized carbons (Fsp3) is 0.538. The van der Waals surface area contributed by atoms with Gasteiger partial charge in [0.1, 0.15) is 0 Å². The fourth-order valence-corrected chi connectivity index (χ4v) is 2.59. The zero-order chi connectivity index (χ0) is 11.2. The Hall–Kier alpha value is -0.540. The predicted molar refractivity (Wildman–Crippen MR) is 72.8 cm³/mol. The molecule has 16 heavy (non-hydrogen) atoms. The molecule has 1 aromatic carbocycles. The Morgan fingerprint density at radius 3 is 2.88 bits per heavy atom. The van der Waals surface area contributed by atoms with Crippen LogP contribution in [0.3, 0.4) is 0 Å². The largest absolute Gasteiger partial charge is 0.385 e. The van der Waals surface area contributed by atoms with Gasteiger partial charge in [0, 0.05) is 16.7 Å². The second kappa shape index (κ2) is 6.26. The van der Waals surface area contributed by atoms with Crippen molar-refractivity contribution in [3.8, 4) is 0 Å². The highest BCUT2D eigenvalue weighted by Gasteiger charge is 2.11. The molecule has 0 atom stereocenters. The van der Waals surface area contributed by atoms with Gasteiger partial charge < -0.3 is 10.6 Å². The van der Waals surface area contributed by atoms with Gasteiger partial charge in [0.2, 0.25) is 0 Å². The number of rotatable bonds is 4. The first kappa shape index (κ1) is 11.9. The minimum atomic E-state index is 0.904. The van der Waals surface area contributed by atoms with Gasteiger partial charge in [-0.1, -0.05) is 22.0 Å². The van der Waals surface area contributed by atoms with E-state index in [2.05, 4.69) is 50.8 Å². The van der Waals surface area contributed by atoms with E-state index < -0.39 is 0 Å². The second-order valence-electron chi connectivity index (χ2n) is 4.42. The maximum absolute atomic E-state index is 3.48. The Labute approximate surface area is 106 Å². The molecule has 0 aliphatic carbocycles. The van der Waals surface area contributed by atoms with E-state index in [1.165, 1.54) is 38.0 Å². The summed E-state index contributed by atoms with van der Waals surface area (Å²) < 4.78 is 1.14. The van der Waals surface area contributed by atoms with Crippen LogP contribution in [-0.4, -0.2) is 19.6 Å². The van der Waals surface area contributed by atoms with E-state index in [0.717, 1.165) is 16.9 Å². The van der Waals surface area contributed by atoms with Crippen molar-refractivity contribution in [1.29, 1.82) is 0 Å². The maximum Gasteiger partial charge on any atom is 0.0351 e. The highest BCUT2D eigenvalue weighted by Crippen LogP contribution is 2.18. The van der Waals surface area contributed by atoms with Crippen molar-refractivity contribution in [2.75, 3.05) is 25.0 Å². The molecule has 0 bridgehead atoms. The average molecular weight is 283 g/mol. The van der Waals surface area contributed by atoms with Gasteiger partial charge in [0.15, 0.2) is 0 Å². The SMILES string of the molecule is Brc1cccc(NCCC2CCNCC2)c1. The van der Waals surface area contributed by atoms with Gasteiger partial charge in [-0.05, 0) is 56.5 Å². The molecule has 1 aliphatic rings. The molecular formula is C13H19BrN2. The molecule has 0 radical (unpaired) electrons. The van der Waals surface area contributed by atoms with E-state index in [1.54, 1.807) is 0 Å². The lowest BCUT2D eigenvalue weighted by Gasteiger charge is -2.22. The first-order chi connectivity index (χ1) is 7.84. The Balaban J connectivity index is 1.71. The topological polar surface area (TPSA) is 24.1 Å². The lowest BCUT2D eigenvalue weighted by atomic mass is 9.95. The Bertz CT molecular complexity index is 321. The van der Waals surface area contributed by atoms with Crippen molar-refractivity contribution in [2.45, 2.75) is 19.3 Å². The molecule has 0 amide bonds. The third-order valence-corrected chi connectivity index (χ3v) is 3.66. The molecule has 1 fully saturated rings. The number of benzene rings is 1. The van der Waals surface area contributed by atoms with Gasteiger partial charge in [-0.15, -0.1) is 0 Å². The molecule has 1 aromatic rings. The lowest BCUT2D eigenvalue weighted by molar-refractivity contribution is 0.361. The number of hydrogen-bond acceptors (Lipinski definition) is 2. The van der Waals surface area contributed by atoms with Gasteiger partial charge >= 0.3 is 0 Å². The van der Waals surface area contributed by atoms with Crippen molar-refractivity contribution in [3.63, 3.8) is 0 Å². The molecule has 1 aliphatic heterocycles. The molecule has 0 saturated carbocycles. The minimum absolute atomic E-state index is 0.904. The van der Waals surface area contributed by atoms with E-state index >= 15 is 0 Å². The van der Waals surface area contributed by atoms with Gasteiger partial charge in [0.25, 0.3) is 0 Å². The molecule has 2 N–H and O–H groups in total. The molecule has 1 heterocycles. The summed E-state index contributed by atoms with van der Waals surface area (Å²) in [4.78, 5) is 0. The summed E-state index contributed by atoms with van der Waals surface area (Å²) in [5.74, 6) is 0.904. The zero-order valence-corrected chi connectivity index (χ0v) is 11.1. The minimum Gasteiger partial charge on any atom is -0.385 e. The Morgan fingerprint density at radius 2 is 2.12 bits per heavy atom. The number of anilines is 1. The molecule has 1 saturated heterocycles. The summed E-state index contributed by atoms with van der Waals surface area (Å²) in [6.07, 6.45) is 3.95. The van der Waals surface area contributed by atoms with Gasteiger partial charge in [-0.2, -0.15) is 0 Å². The summed E-state index contributed by atoms with van der Waals surface area (Å²) in [6, 6.07) is 8.37. The molecule has 0 unspecified atom stereocenters. The summed E-state index contributed by atoms with van der Waals surface area (Å²) in [7, 11) is 0. The molecule has 2 nitrogen and oxygen atoms in total. The van der Waals surface area contributed by atoms with Crippen LogP contribution in [0.5, 0.6) is 0 Å². The van der Waals surface area contributed by atoms with Crippen LogP contribution in [0.25, 0.3) is 0 Å². The molecule has 0 aromatic heterocycles. The average Bonchev–Trinajstić information content (AvgIpc) is 2.30. The van der Waals surface area contributed by atoms with Crippen molar-refractivity contribution < 1.29 is 0 Å². The van der Waals surface area contributed by atoms with Crippen molar-refractivity contribution in [3.05, 3.63) is 28.7 Å². The van der Waals surface area contributed by atoms with Crippen LogP contribution in [0, 0.1) is 5.92 Å². The predicted octanol–water partition coefficient (Wildman–Crippen LogP) is 3.25. The first-order valence-corrected chi connectivity index (χ1v) is 6.84. The molecular weight excluding hydrogens is 264 g/mol. The van der Waals surface area contributed by atoms with Crippen LogP contribution in [0.1, 0.15) is 19.3 Å². The fourth-order valence-electron chi connectivity index (χ4n) is 2.19. The molecule has 0 spiro atoms. The second-order valence-corrected chi connectivity index (χ2v) is 5.33. The molecule has 88 valence electrons. The number of hydrogen-bond donors (Lipinski definition) is 2. The van der Waals surface area contributed by atoms with E-state index in [9.17, 15) is 0 Å². The van der Waals surface area contributed by atoms with Gasteiger partial charge in [-0.3, -0.25) is 0 Å². The molecule has 3 heteroatoms. The van der Waals surface area contributed by atoms with Crippen molar-refractivity contribution in [2.24, 2.45) is 5.92 Å². The highest BCUT2D eigenvalue weighted by atomic mass is 79.9. The lowest BCUT2D eigenvalue weighted by Crippen LogP contribution is -2.28. The van der Waals surface area contributed by atoms with Crippen molar-refractivity contribution in [1.82, 2.24) is 5.32 Å².